The van der Waals surface area contributed by atoms with Gasteiger partial charge in [0.2, 0.25) is 0 Å². The summed E-state index contributed by atoms with van der Waals surface area (Å²) in [7, 11) is 0. The molecule has 0 unspecified atom stereocenters. The van der Waals surface area contributed by atoms with E-state index < -0.39 is 5.97 Å². The molecule has 1 N–H and O–H groups in total. The molecule has 0 saturated heterocycles. The Balaban J connectivity index is 2.43. The van der Waals surface area contributed by atoms with E-state index in [-0.39, 0.29) is 0 Å². The summed E-state index contributed by atoms with van der Waals surface area (Å²) in [4.78, 5) is 12.7. The largest absolute Gasteiger partial charge is 0.478 e. The molecule has 0 saturated carbocycles. The van der Waals surface area contributed by atoms with Crippen molar-refractivity contribution in [3.8, 4) is 0 Å². The third kappa shape index (κ3) is 3.64. The van der Waals surface area contributed by atoms with Gasteiger partial charge in [-0.25, -0.2) is 4.79 Å². The molecule has 1 rings (SSSR count). The van der Waals surface area contributed by atoms with Crippen molar-refractivity contribution < 1.29 is 9.90 Å². The van der Waals surface area contributed by atoms with Gasteiger partial charge in [-0.2, -0.15) is 0 Å². The van der Waals surface area contributed by atoms with Crippen LogP contribution in [-0.2, 0) is 4.79 Å². The number of rotatable bonds is 3. The molecule has 78 valence electrons. The van der Waals surface area contributed by atoms with E-state index in [1.54, 1.807) is 13.0 Å². The quantitative estimate of drug-likeness (QED) is 0.789. The lowest BCUT2D eigenvalue weighted by Crippen LogP contribution is -2.29. The highest BCUT2D eigenvalue weighted by Crippen LogP contribution is 2.14. The first-order valence-electron chi connectivity index (χ1n) is 4.56. The van der Waals surface area contributed by atoms with Gasteiger partial charge in [0.25, 0.3) is 0 Å². The Morgan fingerprint density at radius 2 is 2.50 bits per heavy atom. The zero-order valence-electron chi connectivity index (χ0n) is 8.16. The van der Waals surface area contributed by atoms with E-state index >= 15 is 0 Å². The topological polar surface area (TPSA) is 40.5 Å². The van der Waals surface area contributed by atoms with Crippen LogP contribution in [0.3, 0.4) is 0 Å². The van der Waals surface area contributed by atoms with Crippen molar-refractivity contribution in [2.24, 2.45) is 0 Å². The summed E-state index contributed by atoms with van der Waals surface area (Å²) in [5, 5.41) is 8.66. The van der Waals surface area contributed by atoms with Gasteiger partial charge in [-0.15, -0.1) is 0 Å². The van der Waals surface area contributed by atoms with Crippen LogP contribution in [0.4, 0.5) is 0 Å². The molecule has 0 aromatic heterocycles. The number of carboxylic acid groups (broad SMARTS) is 1. The highest BCUT2D eigenvalue weighted by molar-refractivity contribution is 9.11. The first-order chi connectivity index (χ1) is 6.59. The van der Waals surface area contributed by atoms with Crippen LogP contribution < -0.4 is 0 Å². The van der Waals surface area contributed by atoms with Gasteiger partial charge in [0.1, 0.15) is 0 Å². The summed E-state index contributed by atoms with van der Waals surface area (Å²) >= 11 is 3.45. The standard InChI is InChI=1S/C10H14BrNO2/c1-8(10(13)14)4-6-12-5-2-3-9(11)7-12/h3-4H,2,5-7H2,1H3,(H,13,14)/b8-4-. The van der Waals surface area contributed by atoms with Gasteiger partial charge in [-0.1, -0.05) is 28.1 Å². The molecule has 1 heterocycles. The number of hydrogen-bond donors (Lipinski definition) is 1. The first kappa shape index (κ1) is 11.5. The maximum atomic E-state index is 10.5. The Hall–Kier alpha value is -0.610. The van der Waals surface area contributed by atoms with Crippen LogP contribution in [-0.4, -0.2) is 35.6 Å². The molecule has 0 aromatic carbocycles. The second-order valence-electron chi connectivity index (χ2n) is 3.37. The van der Waals surface area contributed by atoms with Gasteiger partial charge < -0.3 is 5.11 Å². The van der Waals surface area contributed by atoms with Crippen LogP contribution in [0.25, 0.3) is 0 Å². The summed E-state index contributed by atoms with van der Waals surface area (Å²) in [5.74, 6) is -0.836. The fraction of sp³-hybridized carbons (Fsp3) is 0.500. The minimum atomic E-state index is -0.836. The van der Waals surface area contributed by atoms with E-state index in [0.717, 1.165) is 19.5 Å². The van der Waals surface area contributed by atoms with Crippen molar-refractivity contribution in [3.63, 3.8) is 0 Å². The maximum absolute atomic E-state index is 10.5. The van der Waals surface area contributed by atoms with Gasteiger partial charge >= 0.3 is 5.97 Å². The molecular weight excluding hydrogens is 246 g/mol. The smallest absolute Gasteiger partial charge is 0.330 e. The van der Waals surface area contributed by atoms with Crippen molar-refractivity contribution in [2.45, 2.75) is 13.3 Å². The molecule has 0 aromatic rings. The average molecular weight is 260 g/mol. The Morgan fingerprint density at radius 3 is 3.07 bits per heavy atom. The second kappa shape index (κ2) is 5.32. The summed E-state index contributed by atoms with van der Waals surface area (Å²) in [5.41, 5.74) is 0.413. The minimum absolute atomic E-state index is 0.413. The summed E-state index contributed by atoms with van der Waals surface area (Å²) in [6.45, 7) is 4.21. The molecule has 0 radical (unpaired) electrons. The molecule has 1 aliphatic heterocycles. The Labute approximate surface area is 92.2 Å². The minimum Gasteiger partial charge on any atom is -0.478 e. The van der Waals surface area contributed by atoms with Gasteiger partial charge in [0.05, 0.1) is 0 Å². The molecule has 3 nitrogen and oxygen atoms in total. The zero-order chi connectivity index (χ0) is 10.6. The Bertz CT molecular complexity index is 284. The predicted octanol–water partition coefficient (Wildman–Crippen LogP) is 2.00. The van der Waals surface area contributed by atoms with E-state index in [1.165, 1.54) is 4.48 Å². The van der Waals surface area contributed by atoms with Crippen LogP contribution in [0.2, 0.25) is 0 Å². The van der Waals surface area contributed by atoms with Gasteiger partial charge in [0, 0.05) is 29.7 Å². The Morgan fingerprint density at radius 1 is 1.79 bits per heavy atom. The molecule has 14 heavy (non-hydrogen) atoms. The molecule has 1 aliphatic rings. The highest BCUT2D eigenvalue weighted by atomic mass is 79.9. The second-order valence-corrected chi connectivity index (χ2v) is 4.39. The van der Waals surface area contributed by atoms with Crippen LogP contribution in [0.5, 0.6) is 0 Å². The van der Waals surface area contributed by atoms with Crippen molar-refractivity contribution in [3.05, 3.63) is 22.2 Å². The molecule has 0 spiro atoms. The lowest BCUT2D eigenvalue weighted by atomic mass is 10.2. The van der Waals surface area contributed by atoms with Crippen molar-refractivity contribution in [1.29, 1.82) is 0 Å². The summed E-state index contributed by atoms with van der Waals surface area (Å²) < 4.78 is 1.19. The molecule has 0 fully saturated rings. The number of carbonyl (C=O) groups is 1. The van der Waals surface area contributed by atoms with Crippen molar-refractivity contribution >= 4 is 21.9 Å². The van der Waals surface area contributed by atoms with Crippen LogP contribution >= 0.6 is 15.9 Å². The molecule has 0 bridgehead atoms. The van der Waals surface area contributed by atoms with Crippen LogP contribution in [0.1, 0.15) is 13.3 Å². The third-order valence-electron chi connectivity index (χ3n) is 2.18. The fourth-order valence-electron chi connectivity index (χ4n) is 1.27. The average Bonchev–Trinajstić information content (AvgIpc) is 2.14. The monoisotopic (exact) mass is 259 g/mol. The lowest BCUT2D eigenvalue weighted by Gasteiger charge is -2.23. The number of nitrogens with zero attached hydrogens (tertiary/aromatic N) is 1. The maximum Gasteiger partial charge on any atom is 0.330 e. The Kier molecular flexibility index (Phi) is 4.35. The van der Waals surface area contributed by atoms with Gasteiger partial charge in [-0.3, -0.25) is 4.90 Å². The first-order valence-corrected chi connectivity index (χ1v) is 5.36. The molecule has 0 aliphatic carbocycles. The van der Waals surface area contributed by atoms with Crippen molar-refractivity contribution in [1.82, 2.24) is 4.90 Å². The van der Waals surface area contributed by atoms with Crippen molar-refractivity contribution in [2.75, 3.05) is 19.6 Å². The third-order valence-corrected chi connectivity index (χ3v) is 2.75. The summed E-state index contributed by atoms with van der Waals surface area (Å²) in [6.07, 6.45) is 4.94. The van der Waals surface area contributed by atoms with Crippen LogP contribution in [0, 0.1) is 0 Å². The van der Waals surface area contributed by atoms with E-state index in [9.17, 15) is 4.79 Å². The van der Waals surface area contributed by atoms with E-state index in [1.807, 2.05) is 0 Å². The van der Waals surface area contributed by atoms with Crippen LogP contribution in [0.15, 0.2) is 22.2 Å². The van der Waals surface area contributed by atoms with Gasteiger partial charge in [0.15, 0.2) is 0 Å². The summed E-state index contributed by atoms with van der Waals surface area (Å²) in [6, 6.07) is 0. The van der Waals surface area contributed by atoms with E-state index in [0.29, 0.717) is 12.1 Å². The number of hydrogen-bond acceptors (Lipinski definition) is 2. The van der Waals surface area contributed by atoms with E-state index in [2.05, 4.69) is 26.9 Å². The SMILES string of the molecule is C/C(=C/CN1CCC=C(Br)C1)C(=O)O. The molecule has 0 atom stereocenters. The lowest BCUT2D eigenvalue weighted by molar-refractivity contribution is -0.132. The zero-order valence-corrected chi connectivity index (χ0v) is 9.75. The fourth-order valence-corrected chi connectivity index (χ4v) is 1.85. The normalized spacial score (nSPS) is 19.3. The number of halogens is 1. The number of aliphatic carboxylic acids is 1. The molecule has 0 amide bonds. The van der Waals surface area contributed by atoms with E-state index in [4.69, 9.17) is 5.11 Å². The van der Waals surface area contributed by atoms with Gasteiger partial charge in [-0.05, 0) is 13.3 Å². The predicted molar refractivity (Wildman–Crippen MR) is 59.5 cm³/mol. The number of carboxylic acids is 1. The molecular formula is C10H14BrNO2. The molecule has 4 heteroatoms. The highest BCUT2D eigenvalue weighted by Gasteiger charge is 2.09.